The summed E-state index contributed by atoms with van der Waals surface area (Å²) in [5.74, 6) is 1.98. The van der Waals surface area contributed by atoms with Crippen LogP contribution in [0.3, 0.4) is 0 Å². The monoisotopic (exact) mass is 301 g/mol. The van der Waals surface area contributed by atoms with Gasteiger partial charge in [0.05, 0.1) is 11.0 Å². The van der Waals surface area contributed by atoms with E-state index in [0.717, 1.165) is 48.9 Å². The molecule has 2 rings (SSSR count). The van der Waals surface area contributed by atoms with Crippen molar-refractivity contribution in [2.45, 2.75) is 33.1 Å². The Bertz CT molecular complexity index is 569. The minimum Gasteiger partial charge on any atom is -0.357 e. The number of aromatic nitrogens is 2. The van der Waals surface area contributed by atoms with E-state index in [1.54, 1.807) is 0 Å². The minimum atomic E-state index is 0.735. The molecule has 2 aromatic rings. The molecule has 0 spiro atoms. The average Bonchev–Trinajstić information content (AvgIpc) is 2.94. The number of H-pyrrole nitrogens is 1. The smallest absolute Gasteiger partial charge is 0.193 e. The van der Waals surface area contributed by atoms with Gasteiger partial charge in [-0.2, -0.15) is 0 Å². The van der Waals surface area contributed by atoms with Crippen molar-refractivity contribution in [3.63, 3.8) is 0 Å². The molecule has 0 saturated heterocycles. The van der Waals surface area contributed by atoms with E-state index in [1.165, 1.54) is 12.8 Å². The van der Waals surface area contributed by atoms with Crippen molar-refractivity contribution >= 4 is 17.0 Å². The van der Waals surface area contributed by atoms with Crippen LogP contribution < -0.4 is 5.32 Å². The second-order valence-electron chi connectivity index (χ2n) is 5.46. The number of hydrogen-bond donors (Lipinski definition) is 2. The van der Waals surface area contributed by atoms with Crippen LogP contribution in [0.4, 0.5) is 0 Å². The zero-order chi connectivity index (χ0) is 15.8. The Hall–Kier alpha value is -2.04. The predicted octanol–water partition coefficient (Wildman–Crippen LogP) is 2.80. The SMILES string of the molecule is CCCCN(C)C(=NCCc1nc2ccccc2[nH]1)NCC. The van der Waals surface area contributed by atoms with E-state index in [2.05, 4.69) is 47.1 Å². The molecule has 2 N–H and O–H groups in total. The van der Waals surface area contributed by atoms with Gasteiger partial charge in [-0.25, -0.2) is 4.98 Å². The Labute approximate surface area is 132 Å². The normalized spacial score (nSPS) is 11.9. The molecular formula is C17H27N5. The van der Waals surface area contributed by atoms with Crippen LogP contribution in [0.25, 0.3) is 11.0 Å². The summed E-state index contributed by atoms with van der Waals surface area (Å²) in [6, 6.07) is 8.12. The largest absolute Gasteiger partial charge is 0.357 e. The molecule has 0 atom stereocenters. The Morgan fingerprint density at radius 1 is 1.32 bits per heavy atom. The highest BCUT2D eigenvalue weighted by Gasteiger charge is 2.05. The third-order valence-corrected chi connectivity index (χ3v) is 3.59. The quantitative estimate of drug-likeness (QED) is 0.611. The fourth-order valence-corrected chi connectivity index (χ4v) is 2.36. The summed E-state index contributed by atoms with van der Waals surface area (Å²) in [4.78, 5) is 14.8. The number of nitrogens with one attached hydrogen (secondary N) is 2. The molecule has 0 radical (unpaired) electrons. The van der Waals surface area contributed by atoms with Crippen molar-refractivity contribution in [2.24, 2.45) is 4.99 Å². The number of para-hydroxylation sites is 2. The van der Waals surface area contributed by atoms with Gasteiger partial charge in [-0.05, 0) is 25.5 Å². The van der Waals surface area contributed by atoms with Crippen LogP contribution in [-0.2, 0) is 6.42 Å². The van der Waals surface area contributed by atoms with E-state index < -0.39 is 0 Å². The molecule has 0 aliphatic rings. The van der Waals surface area contributed by atoms with E-state index >= 15 is 0 Å². The molecule has 0 fully saturated rings. The van der Waals surface area contributed by atoms with Crippen molar-refractivity contribution in [3.8, 4) is 0 Å². The number of aromatic amines is 1. The molecule has 0 aliphatic carbocycles. The van der Waals surface area contributed by atoms with Gasteiger partial charge < -0.3 is 15.2 Å². The second-order valence-corrected chi connectivity index (χ2v) is 5.46. The lowest BCUT2D eigenvalue weighted by atomic mass is 10.3. The molecule has 1 aromatic heterocycles. The highest BCUT2D eigenvalue weighted by Crippen LogP contribution is 2.10. The van der Waals surface area contributed by atoms with Gasteiger partial charge in [-0.3, -0.25) is 4.99 Å². The average molecular weight is 301 g/mol. The zero-order valence-corrected chi connectivity index (χ0v) is 13.9. The lowest BCUT2D eigenvalue weighted by Gasteiger charge is -2.21. The van der Waals surface area contributed by atoms with E-state index in [1.807, 2.05) is 18.2 Å². The molecule has 5 nitrogen and oxygen atoms in total. The van der Waals surface area contributed by atoms with Gasteiger partial charge in [0.1, 0.15) is 5.82 Å². The molecule has 1 heterocycles. The number of hydrogen-bond acceptors (Lipinski definition) is 2. The van der Waals surface area contributed by atoms with Crippen LogP contribution >= 0.6 is 0 Å². The first-order chi connectivity index (χ1) is 10.7. The Kier molecular flexibility index (Phi) is 6.25. The van der Waals surface area contributed by atoms with E-state index in [9.17, 15) is 0 Å². The molecule has 0 aliphatic heterocycles. The third-order valence-electron chi connectivity index (χ3n) is 3.59. The number of guanidine groups is 1. The number of aliphatic imine (C=N–C) groups is 1. The lowest BCUT2D eigenvalue weighted by molar-refractivity contribution is 0.465. The first kappa shape index (κ1) is 16.3. The molecule has 0 saturated carbocycles. The maximum absolute atomic E-state index is 4.70. The molecule has 22 heavy (non-hydrogen) atoms. The fraction of sp³-hybridized carbons (Fsp3) is 0.529. The van der Waals surface area contributed by atoms with Crippen molar-refractivity contribution in [1.82, 2.24) is 20.2 Å². The molecule has 0 bridgehead atoms. The van der Waals surface area contributed by atoms with Gasteiger partial charge in [0.25, 0.3) is 0 Å². The highest BCUT2D eigenvalue weighted by atomic mass is 15.3. The van der Waals surface area contributed by atoms with Crippen molar-refractivity contribution in [2.75, 3.05) is 26.7 Å². The molecule has 0 unspecified atom stereocenters. The first-order valence-corrected chi connectivity index (χ1v) is 8.17. The Balaban J connectivity index is 1.95. The summed E-state index contributed by atoms with van der Waals surface area (Å²) < 4.78 is 0. The summed E-state index contributed by atoms with van der Waals surface area (Å²) in [7, 11) is 2.10. The van der Waals surface area contributed by atoms with Crippen molar-refractivity contribution < 1.29 is 0 Å². The zero-order valence-electron chi connectivity index (χ0n) is 13.9. The topological polar surface area (TPSA) is 56.3 Å². The molecular weight excluding hydrogens is 274 g/mol. The molecule has 1 aromatic carbocycles. The van der Waals surface area contributed by atoms with Crippen LogP contribution in [-0.4, -0.2) is 47.5 Å². The van der Waals surface area contributed by atoms with Gasteiger partial charge in [-0.1, -0.05) is 25.5 Å². The number of imidazole rings is 1. The standard InChI is InChI=1S/C17H27N5/c1-4-6-13-22(3)17(18-5-2)19-12-11-16-20-14-9-7-8-10-15(14)21-16/h7-10H,4-6,11-13H2,1-3H3,(H,18,19)(H,20,21). The summed E-state index contributed by atoms with van der Waals surface area (Å²) in [5.41, 5.74) is 2.11. The van der Waals surface area contributed by atoms with Crippen molar-refractivity contribution in [1.29, 1.82) is 0 Å². The van der Waals surface area contributed by atoms with Gasteiger partial charge in [0, 0.05) is 33.1 Å². The number of rotatable bonds is 7. The molecule has 0 amide bonds. The van der Waals surface area contributed by atoms with Gasteiger partial charge in [-0.15, -0.1) is 0 Å². The minimum absolute atomic E-state index is 0.735. The van der Waals surface area contributed by atoms with Crippen molar-refractivity contribution in [3.05, 3.63) is 30.1 Å². The Morgan fingerprint density at radius 2 is 2.14 bits per heavy atom. The van der Waals surface area contributed by atoms with Gasteiger partial charge in [0.15, 0.2) is 5.96 Å². The number of benzene rings is 1. The van der Waals surface area contributed by atoms with Gasteiger partial charge >= 0.3 is 0 Å². The Morgan fingerprint density at radius 3 is 2.86 bits per heavy atom. The molecule has 120 valence electrons. The lowest BCUT2D eigenvalue weighted by Crippen LogP contribution is -2.39. The van der Waals surface area contributed by atoms with E-state index in [0.29, 0.717) is 0 Å². The summed E-state index contributed by atoms with van der Waals surface area (Å²) >= 11 is 0. The van der Waals surface area contributed by atoms with E-state index in [4.69, 9.17) is 4.99 Å². The summed E-state index contributed by atoms with van der Waals surface area (Å²) in [6.45, 7) is 6.97. The fourth-order valence-electron chi connectivity index (χ4n) is 2.36. The number of nitrogens with zero attached hydrogens (tertiary/aromatic N) is 3. The van der Waals surface area contributed by atoms with Gasteiger partial charge in [0.2, 0.25) is 0 Å². The maximum Gasteiger partial charge on any atom is 0.193 e. The second kappa shape index (κ2) is 8.41. The van der Waals surface area contributed by atoms with Crippen LogP contribution in [0.2, 0.25) is 0 Å². The number of unbranched alkanes of at least 4 members (excludes halogenated alkanes) is 1. The van der Waals surface area contributed by atoms with Crippen LogP contribution in [0, 0.1) is 0 Å². The van der Waals surface area contributed by atoms with E-state index in [-0.39, 0.29) is 0 Å². The highest BCUT2D eigenvalue weighted by molar-refractivity contribution is 5.79. The first-order valence-electron chi connectivity index (χ1n) is 8.17. The van der Waals surface area contributed by atoms with Crippen LogP contribution in [0.1, 0.15) is 32.5 Å². The van der Waals surface area contributed by atoms with Crippen LogP contribution in [0.15, 0.2) is 29.3 Å². The third kappa shape index (κ3) is 4.48. The van der Waals surface area contributed by atoms with Crippen LogP contribution in [0.5, 0.6) is 0 Å². The predicted molar refractivity (Wildman–Crippen MR) is 93.3 cm³/mol. The maximum atomic E-state index is 4.70. The molecule has 5 heteroatoms. The number of fused-ring (bicyclic) bond motifs is 1. The summed E-state index contributed by atoms with van der Waals surface area (Å²) in [6.07, 6.45) is 3.21. The summed E-state index contributed by atoms with van der Waals surface area (Å²) in [5, 5.41) is 3.35.